The van der Waals surface area contributed by atoms with E-state index in [1.54, 1.807) is 20.8 Å². The van der Waals surface area contributed by atoms with Gasteiger partial charge in [-0.2, -0.15) is 0 Å². The Labute approximate surface area is 98.0 Å². The first-order valence-electron chi connectivity index (χ1n) is 4.31. The van der Waals surface area contributed by atoms with E-state index in [1.165, 1.54) is 6.07 Å². The Morgan fingerprint density at radius 3 is 2.47 bits per heavy atom. The fraction of sp³-hybridized carbons (Fsp3) is 0.444. The third-order valence-electron chi connectivity index (χ3n) is 1.65. The van der Waals surface area contributed by atoms with E-state index in [4.69, 9.17) is 23.2 Å². The van der Waals surface area contributed by atoms with E-state index in [0.29, 0.717) is 5.69 Å². The van der Waals surface area contributed by atoms with Crippen molar-refractivity contribution in [3.63, 3.8) is 0 Å². The summed E-state index contributed by atoms with van der Waals surface area (Å²) in [5.41, 5.74) is -0.129. The molecule has 6 heteroatoms. The topological polar surface area (TPSA) is 54.9 Å². The summed E-state index contributed by atoms with van der Waals surface area (Å²) in [5.74, 6) is -0.159. The number of carbonyl (C=O) groups excluding carboxylic acids is 1. The zero-order chi connectivity index (χ0) is 11.6. The Morgan fingerprint density at radius 1 is 1.33 bits per heavy atom. The molecule has 82 valence electrons. The lowest BCUT2D eigenvalue weighted by molar-refractivity contribution is -0.123. The van der Waals surface area contributed by atoms with Crippen molar-refractivity contribution in [3.05, 3.63) is 16.4 Å². The summed E-state index contributed by atoms with van der Waals surface area (Å²) in [4.78, 5) is 11.6. The van der Waals surface area contributed by atoms with E-state index in [1.807, 2.05) is 0 Å². The van der Waals surface area contributed by atoms with E-state index in [9.17, 15) is 4.79 Å². The highest BCUT2D eigenvalue weighted by atomic mass is 35.5. The van der Waals surface area contributed by atoms with Gasteiger partial charge in [0.15, 0.2) is 10.3 Å². The molecule has 0 aliphatic rings. The molecule has 0 fully saturated rings. The molecule has 0 saturated carbocycles. The fourth-order valence-electron chi connectivity index (χ4n) is 0.751. The average Bonchev–Trinajstić information content (AvgIpc) is 2.09. The normalized spacial score (nSPS) is 11.3. The molecule has 0 radical (unpaired) electrons. The quantitative estimate of drug-likeness (QED) is 0.831. The molecule has 1 N–H and O–H groups in total. The van der Waals surface area contributed by atoms with Gasteiger partial charge in [-0.25, -0.2) is 0 Å². The highest BCUT2D eigenvalue weighted by Gasteiger charge is 2.22. The van der Waals surface area contributed by atoms with Gasteiger partial charge in [-0.15, -0.1) is 10.2 Å². The molecule has 0 aromatic carbocycles. The lowest BCUT2D eigenvalue weighted by Crippen LogP contribution is -2.27. The van der Waals surface area contributed by atoms with Crippen LogP contribution in [0.4, 0.5) is 5.69 Å². The minimum absolute atomic E-state index is 0.122. The third-order valence-corrected chi connectivity index (χ3v) is 2.11. The summed E-state index contributed by atoms with van der Waals surface area (Å²) in [6.07, 6.45) is 0. The number of anilines is 1. The van der Waals surface area contributed by atoms with Crippen LogP contribution in [-0.4, -0.2) is 16.1 Å². The van der Waals surface area contributed by atoms with Crippen LogP contribution >= 0.6 is 23.2 Å². The number of aromatic nitrogens is 2. The van der Waals surface area contributed by atoms with Crippen LogP contribution in [0.3, 0.4) is 0 Å². The van der Waals surface area contributed by atoms with Crippen molar-refractivity contribution < 1.29 is 4.79 Å². The van der Waals surface area contributed by atoms with Crippen molar-refractivity contribution in [2.75, 3.05) is 5.32 Å². The summed E-state index contributed by atoms with van der Waals surface area (Å²) in [6, 6.07) is 1.46. The van der Waals surface area contributed by atoms with Gasteiger partial charge in [0, 0.05) is 11.5 Å². The first kappa shape index (κ1) is 12.2. The number of nitrogens with zero attached hydrogens (tertiary/aromatic N) is 2. The van der Waals surface area contributed by atoms with Gasteiger partial charge < -0.3 is 5.32 Å². The smallest absolute Gasteiger partial charge is 0.229 e. The van der Waals surface area contributed by atoms with E-state index >= 15 is 0 Å². The number of rotatable bonds is 1. The number of hydrogen-bond donors (Lipinski definition) is 1. The monoisotopic (exact) mass is 247 g/mol. The molecular formula is C9H11Cl2N3O. The van der Waals surface area contributed by atoms with Crippen LogP contribution in [-0.2, 0) is 4.79 Å². The van der Waals surface area contributed by atoms with Gasteiger partial charge in [-0.05, 0) is 0 Å². The molecule has 0 saturated heterocycles. The predicted octanol–water partition coefficient (Wildman–Crippen LogP) is 2.77. The van der Waals surface area contributed by atoms with E-state index in [0.717, 1.165) is 0 Å². The highest BCUT2D eigenvalue weighted by Crippen LogP contribution is 2.23. The maximum atomic E-state index is 11.6. The number of halogens is 2. The summed E-state index contributed by atoms with van der Waals surface area (Å²) >= 11 is 11.4. The van der Waals surface area contributed by atoms with Crippen molar-refractivity contribution in [1.82, 2.24) is 10.2 Å². The molecule has 1 aromatic rings. The van der Waals surface area contributed by atoms with E-state index in [-0.39, 0.29) is 16.2 Å². The van der Waals surface area contributed by atoms with Crippen molar-refractivity contribution in [3.8, 4) is 0 Å². The second-order valence-electron chi connectivity index (χ2n) is 4.08. The summed E-state index contributed by atoms with van der Waals surface area (Å²) in [6.45, 7) is 5.39. The maximum absolute atomic E-state index is 11.6. The van der Waals surface area contributed by atoms with Gasteiger partial charge in [-0.3, -0.25) is 4.79 Å². The summed E-state index contributed by atoms with van der Waals surface area (Å²) < 4.78 is 0. The molecule has 0 aliphatic heterocycles. The Kier molecular flexibility index (Phi) is 3.52. The number of hydrogen-bond acceptors (Lipinski definition) is 3. The Hall–Kier alpha value is -0.870. The summed E-state index contributed by atoms with van der Waals surface area (Å²) in [5, 5.41) is 10.1. The number of amides is 1. The zero-order valence-electron chi connectivity index (χ0n) is 8.64. The van der Waals surface area contributed by atoms with Gasteiger partial charge >= 0.3 is 0 Å². The molecule has 4 nitrogen and oxygen atoms in total. The molecule has 1 aromatic heterocycles. The van der Waals surface area contributed by atoms with Crippen molar-refractivity contribution in [1.29, 1.82) is 0 Å². The Bertz CT molecular complexity index is 387. The molecule has 0 unspecified atom stereocenters. The van der Waals surface area contributed by atoms with Crippen molar-refractivity contribution in [2.24, 2.45) is 5.41 Å². The Morgan fingerprint density at radius 2 is 1.93 bits per heavy atom. The SMILES string of the molecule is CC(C)(C)C(=O)Nc1cc(Cl)nnc1Cl. The minimum atomic E-state index is -0.501. The number of nitrogens with one attached hydrogen (secondary N) is 1. The second kappa shape index (κ2) is 4.33. The first-order chi connectivity index (χ1) is 6.80. The Balaban J connectivity index is 2.90. The molecule has 1 heterocycles. The molecule has 0 bridgehead atoms. The molecule has 1 rings (SSSR count). The van der Waals surface area contributed by atoms with Gasteiger partial charge in [0.1, 0.15) is 0 Å². The predicted molar refractivity (Wildman–Crippen MR) is 60.1 cm³/mol. The molecule has 0 aliphatic carbocycles. The lowest BCUT2D eigenvalue weighted by atomic mass is 9.96. The van der Waals surface area contributed by atoms with Crippen LogP contribution in [0.25, 0.3) is 0 Å². The fourth-order valence-corrected chi connectivity index (χ4v) is 1.04. The largest absolute Gasteiger partial charge is 0.323 e. The van der Waals surface area contributed by atoms with Crippen LogP contribution in [0.2, 0.25) is 10.3 Å². The number of carbonyl (C=O) groups is 1. The molecular weight excluding hydrogens is 237 g/mol. The second-order valence-corrected chi connectivity index (χ2v) is 4.82. The van der Waals surface area contributed by atoms with E-state index < -0.39 is 5.41 Å². The first-order valence-corrected chi connectivity index (χ1v) is 5.06. The van der Waals surface area contributed by atoms with Crippen LogP contribution in [0, 0.1) is 5.41 Å². The van der Waals surface area contributed by atoms with Crippen molar-refractivity contribution in [2.45, 2.75) is 20.8 Å². The lowest BCUT2D eigenvalue weighted by Gasteiger charge is -2.17. The van der Waals surface area contributed by atoms with Crippen LogP contribution in [0.1, 0.15) is 20.8 Å². The van der Waals surface area contributed by atoms with Gasteiger partial charge in [0.25, 0.3) is 0 Å². The van der Waals surface area contributed by atoms with Gasteiger partial charge in [0.05, 0.1) is 5.69 Å². The maximum Gasteiger partial charge on any atom is 0.229 e. The molecule has 0 spiro atoms. The average molecular weight is 248 g/mol. The molecule has 1 amide bonds. The van der Waals surface area contributed by atoms with Crippen LogP contribution in [0.15, 0.2) is 6.07 Å². The van der Waals surface area contributed by atoms with Crippen molar-refractivity contribution >= 4 is 34.8 Å². The van der Waals surface area contributed by atoms with Gasteiger partial charge in [0.2, 0.25) is 5.91 Å². The zero-order valence-corrected chi connectivity index (χ0v) is 10.1. The van der Waals surface area contributed by atoms with Crippen LogP contribution in [0.5, 0.6) is 0 Å². The van der Waals surface area contributed by atoms with E-state index in [2.05, 4.69) is 15.5 Å². The van der Waals surface area contributed by atoms with Gasteiger partial charge in [-0.1, -0.05) is 44.0 Å². The molecule has 15 heavy (non-hydrogen) atoms. The highest BCUT2D eigenvalue weighted by molar-refractivity contribution is 6.33. The molecule has 0 atom stereocenters. The van der Waals surface area contributed by atoms with Crippen LogP contribution < -0.4 is 5.32 Å². The minimum Gasteiger partial charge on any atom is -0.323 e. The summed E-state index contributed by atoms with van der Waals surface area (Å²) in [7, 11) is 0. The standard InChI is InChI=1S/C9H11Cl2N3O/c1-9(2,3)8(15)12-5-4-6(10)13-14-7(5)11/h4H,1-3H3,(H,12,13,15). The third kappa shape index (κ3) is 3.32.